The van der Waals surface area contributed by atoms with Gasteiger partial charge in [-0.1, -0.05) is 202 Å². The van der Waals surface area contributed by atoms with Gasteiger partial charge in [-0.25, -0.2) is 0 Å². The summed E-state index contributed by atoms with van der Waals surface area (Å²) < 4.78 is 0. The predicted molar refractivity (Wildman–Crippen MR) is 228 cm³/mol. The first-order valence-corrected chi connectivity index (χ1v) is 19.0. The van der Waals surface area contributed by atoms with E-state index >= 15 is 0 Å². The van der Waals surface area contributed by atoms with Crippen LogP contribution >= 0.6 is 0 Å². The number of hydrogen-bond acceptors (Lipinski definition) is 0. The molecule has 0 aromatic heterocycles. The highest BCUT2D eigenvalue weighted by Crippen LogP contribution is 2.48. The number of fused-ring (bicyclic) bond motifs is 3. The van der Waals surface area contributed by atoms with E-state index < -0.39 is 0 Å². The van der Waals surface area contributed by atoms with Crippen LogP contribution in [0, 0.1) is 20.8 Å². The van der Waals surface area contributed by atoms with Crippen molar-refractivity contribution >= 4 is 5.57 Å². The molecule has 8 rings (SSSR count). The molecular weight excluding hydrogens is 625 g/mol. The molecular formula is C52H56. The van der Waals surface area contributed by atoms with E-state index in [1.807, 2.05) is 13.8 Å². The lowest BCUT2D eigenvalue weighted by Crippen LogP contribution is -2.14. The molecule has 6 aromatic rings. The van der Waals surface area contributed by atoms with Crippen LogP contribution < -0.4 is 0 Å². The summed E-state index contributed by atoms with van der Waals surface area (Å²) in [5.74, 6) is 0. The van der Waals surface area contributed by atoms with Gasteiger partial charge in [-0.15, -0.1) is 0 Å². The van der Waals surface area contributed by atoms with Gasteiger partial charge in [-0.3, -0.25) is 0 Å². The molecule has 0 saturated heterocycles. The van der Waals surface area contributed by atoms with Crippen LogP contribution in [0.15, 0.2) is 163 Å². The Kier molecular flexibility index (Phi) is 13.0. The Balaban J connectivity index is 0.000000150. The van der Waals surface area contributed by atoms with Gasteiger partial charge in [0.1, 0.15) is 0 Å². The second-order valence-corrected chi connectivity index (χ2v) is 14.4. The van der Waals surface area contributed by atoms with Crippen molar-refractivity contribution in [2.45, 2.75) is 80.1 Å². The van der Waals surface area contributed by atoms with Gasteiger partial charge in [0, 0.05) is 5.41 Å². The first-order chi connectivity index (χ1) is 25.2. The van der Waals surface area contributed by atoms with E-state index in [1.165, 1.54) is 90.7 Å². The van der Waals surface area contributed by atoms with Crippen molar-refractivity contribution in [3.05, 3.63) is 208 Å². The fourth-order valence-corrected chi connectivity index (χ4v) is 7.18. The minimum atomic E-state index is 0.151. The maximum absolute atomic E-state index is 2.33. The van der Waals surface area contributed by atoms with Crippen LogP contribution in [0.2, 0.25) is 0 Å². The molecule has 6 aromatic carbocycles. The zero-order valence-corrected chi connectivity index (χ0v) is 32.6. The second-order valence-electron chi connectivity index (χ2n) is 14.4. The van der Waals surface area contributed by atoms with Crippen LogP contribution in [-0.2, 0) is 11.8 Å². The fraction of sp³-hybridized carbons (Fsp3) is 0.231. The Hall–Kier alpha value is -5.20. The van der Waals surface area contributed by atoms with Gasteiger partial charge in [0.15, 0.2) is 0 Å². The van der Waals surface area contributed by atoms with Crippen LogP contribution in [0.25, 0.3) is 27.8 Å². The van der Waals surface area contributed by atoms with Crippen LogP contribution in [0.1, 0.15) is 92.0 Å². The Labute approximate surface area is 314 Å². The highest BCUT2D eigenvalue weighted by atomic mass is 14.4. The molecule has 2 aliphatic carbocycles. The first-order valence-electron chi connectivity index (χ1n) is 19.0. The molecule has 0 fully saturated rings. The smallest absolute Gasteiger partial charge is 0.0158 e. The minimum Gasteiger partial charge on any atom is -0.0836 e. The number of benzene rings is 6. The van der Waals surface area contributed by atoms with Gasteiger partial charge in [0.2, 0.25) is 0 Å². The fourth-order valence-electron chi connectivity index (χ4n) is 7.18. The molecule has 264 valence electrons. The zero-order chi connectivity index (χ0) is 37.1. The second kappa shape index (κ2) is 17.8. The van der Waals surface area contributed by atoms with E-state index in [9.17, 15) is 0 Å². The van der Waals surface area contributed by atoms with E-state index in [0.717, 1.165) is 6.42 Å². The largest absolute Gasteiger partial charge is 0.0836 e. The molecule has 0 unspecified atom stereocenters. The highest BCUT2D eigenvalue weighted by Gasteiger charge is 2.34. The van der Waals surface area contributed by atoms with Crippen LogP contribution in [-0.4, -0.2) is 0 Å². The third-order valence-electron chi connectivity index (χ3n) is 10.2. The molecule has 0 saturated carbocycles. The minimum absolute atomic E-state index is 0.151. The number of hydrogen-bond donors (Lipinski definition) is 0. The number of allylic oxidation sites excluding steroid dienone is 4. The molecule has 0 heterocycles. The summed E-state index contributed by atoms with van der Waals surface area (Å²) in [7, 11) is 0. The lowest BCUT2D eigenvalue weighted by molar-refractivity contribution is 0.660. The summed E-state index contributed by atoms with van der Waals surface area (Å²) in [5.41, 5.74) is 19.5. The Morgan fingerprint density at radius 1 is 0.500 bits per heavy atom. The Morgan fingerprint density at radius 2 is 1.04 bits per heavy atom. The first kappa shape index (κ1) is 38.0. The van der Waals surface area contributed by atoms with Gasteiger partial charge in [0.05, 0.1) is 0 Å². The quantitative estimate of drug-likeness (QED) is 0.174. The summed E-state index contributed by atoms with van der Waals surface area (Å²) in [5, 5.41) is 0. The third kappa shape index (κ3) is 9.17. The van der Waals surface area contributed by atoms with Crippen LogP contribution in [0.4, 0.5) is 0 Å². The lowest BCUT2D eigenvalue weighted by Gasteiger charge is -2.21. The van der Waals surface area contributed by atoms with Crippen molar-refractivity contribution in [2.24, 2.45) is 0 Å². The standard InChI is InChI=1S/C20H18.C16H16.C14H16.C2H6/c1-16-7-11-19(12-8-16)20-13-9-18(10-14-20)15-17-5-3-2-4-6-17;1-11-8-9-13-12-6-4-5-7-14(12)16(2,3)15(13)10-11;1-11-7-3-5-9-13(11)14-10-6-4-8-12(14)2;1-2/h2-14H,15H2,1H3;4-10H,1-3H3;3,5-7,9-10H,4,8H2,1-2H3;1-2H3. The van der Waals surface area contributed by atoms with Gasteiger partial charge >= 0.3 is 0 Å². The van der Waals surface area contributed by atoms with Crippen molar-refractivity contribution < 1.29 is 0 Å². The molecule has 0 aliphatic heterocycles. The Bertz CT molecular complexity index is 2100. The summed E-state index contributed by atoms with van der Waals surface area (Å²) >= 11 is 0. The summed E-state index contributed by atoms with van der Waals surface area (Å²) in [4.78, 5) is 0. The molecule has 0 amide bonds. The van der Waals surface area contributed by atoms with Crippen molar-refractivity contribution in [2.75, 3.05) is 0 Å². The lowest BCUT2D eigenvalue weighted by atomic mass is 9.82. The predicted octanol–water partition coefficient (Wildman–Crippen LogP) is 14.7. The molecule has 2 aliphatic rings. The van der Waals surface area contributed by atoms with Crippen LogP contribution in [0.3, 0.4) is 0 Å². The summed E-state index contributed by atoms with van der Waals surface area (Å²) in [6.07, 6.45) is 7.94. The van der Waals surface area contributed by atoms with E-state index in [0.29, 0.717) is 0 Å². The van der Waals surface area contributed by atoms with Crippen molar-refractivity contribution in [1.29, 1.82) is 0 Å². The highest BCUT2D eigenvalue weighted by molar-refractivity contribution is 5.81. The molecule has 52 heavy (non-hydrogen) atoms. The Morgan fingerprint density at radius 3 is 1.69 bits per heavy atom. The van der Waals surface area contributed by atoms with E-state index in [1.54, 1.807) is 0 Å². The average molecular weight is 681 g/mol. The SMILES string of the molecule is CC.CC1=C(c2ccccc2C)C=CCC1.Cc1ccc(-c2ccc(Cc3ccccc3)cc2)cc1.Cc1ccc2c(c1)C(C)(C)c1ccccc1-2. The van der Waals surface area contributed by atoms with Crippen molar-refractivity contribution in [3.63, 3.8) is 0 Å². The number of aryl methyl sites for hydroxylation is 3. The zero-order valence-electron chi connectivity index (χ0n) is 32.6. The van der Waals surface area contributed by atoms with E-state index in [2.05, 4.69) is 199 Å². The number of rotatable bonds is 4. The van der Waals surface area contributed by atoms with Crippen molar-refractivity contribution in [1.82, 2.24) is 0 Å². The molecule has 0 atom stereocenters. The average Bonchev–Trinajstić information content (AvgIpc) is 3.40. The molecule has 0 radical (unpaired) electrons. The maximum Gasteiger partial charge on any atom is 0.0158 e. The molecule has 0 spiro atoms. The van der Waals surface area contributed by atoms with Gasteiger partial charge in [0.25, 0.3) is 0 Å². The normalized spacial score (nSPS) is 13.3. The maximum atomic E-state index is 2.33. The van der Waals surface area contributed by atoms with E-state index in [4.69, 9.17) is 0 Å². The topological polar surface area (TPSA) is 0 Å². The van der Waals surface area contributed by atoms with E-state index in [-0.39, 0.29) is 5.41 Å². The van der Waals surface area contributed by atoms with Gasteiger partial charge in [-0.05, 0) is 108 Å². The van der Waals surface area contributed by atoms with Gasteiger partial charge in [-0.2, -0.15) is 0 Å². The molecule has 0 bridgehead atoms. The summed E-state index contributed by atoms with van der Waals surface area (Å²) in [6.45, 7) is 17.3. The van der Waals surface area contributed by atoms with Crippen LogP contribution in [0.5, 0.6) is 0 Å². The monoisotopic (exact) mass is 680 g/mol. The van der Waals surface area contributed by atoms with Crippen molar-refractivity contribution in [3.8, 4) is 22.3 Å². The molecule has 0 nitrogen and oxygen atoms in total. The summed E-state index contributed by atoms with van der Waals surface area (Å²) in [6, 6.07) is 52.3. The molecule has 0 N–H and O–H groups in total. The van der Waals surface area contributed by atoms with Gasteiger partial charge < -0.3 is 0 Å². The molecule has 0 heteroatoms. The third-order valence-corrected chi connectivity index (χ3v) is 10.2.